The summed E-state index contributed by atoms with van der Waals surface area (Å²) in [5.41, 5.74) is -6.13. The molecule has 47 heavy (non-hydrogen) atoms. The number of methoxy groups -OCH3 is 1. The van der Waals surface area contributed by atoms with E-state index in [1.54, 1.807) is 24.3 Å². The summed E-state index contributed by atoms with van der Waals surface area (Å²) in [6.45, 7) is 5.61. The maximum Gasteiger partial charge on any atom is 0.430 e. The second-order valence-corrected chi connectivity index (χ2v) is 11.3. The van der Waals surface area contributed by atoms with E-state index in [2.05, 4.69) is 0 Å². The molecule has 0 aliphatic carbocycles. The molecule has 12 heteroatoms. The van der Waals surface area contributed by atoms with E-state index in [0.29, 0.717) is 41.0 Å². The van der Waals surface area contributed by atoms with Gasteiger partial charge in [-0.2, -0.15) is 26.3 Å². The zero-order valence-corrected chi connectivity index (χ0v) is 25.6. The molecule has 4 rings (SSSR count). The molecule has 0 amide bonds. The van der Waals surface area contributed by atoms with Gasteiger partial charge in [0.15, 0.2) is 5.78 Å². The zero-order chi connectivity index (χ0) is 34.8. The van der Waals surface area contributed by atoms with Crippen LogP contribution in [0.1, 0.15) is 53.5 Å². The van der Waals surface area contributed by atoms with Crippen molar-refractivity contribution in [1.82, 2.24) is 0 Å². The summed E-state index contributed by atoms with van der Waals surface area (Å²) < 4.78 is 99.1. The van der Waals surface area contributed by atoms with Crippen molar-refractivity contribution in [2.75, 3.05) is 7.11 Å². The van der Waals surface area contributed by atoms with Crippen LogP contribution < -0.4 is 14.2 Å². The van der Waals surface area contributed by atoms with Crippen LogP contribution in [-0.2, 0) is 5.60 Å². The van der Waals surface area contributed by atoms with E-state index in [4.69, 9.17) is 14.2 Å². The molecular formula is C35H30F6O6. The first kappa shape index (κ1) is 35.0. The Morgan fingerprint density at radius 3 is 1.62 bits per heavy atom. The molecule has 0 aromatic heterocycles. The Morgan fingerprint density at radius 1 is 0.681 bits per heavy atom. The van der Waals surface area contributed by atoms with E-state index in [9.17, 15) is 41.0 Å². The average molecular weight is 661 g/mol. The van der Waals surface area contributed by atoms with Gasteiger partial charge in [-0.3, -0.25) is 4.79 Å². The predicted molar refractivity (Wildman–Crippen MR) is 161 cm³/mol. The maximum atomic E-state index is 13.9. The third kappa shape index (κ3) is 7.27. The van der Waals surface area contributed by atoms with Gasteiger partial charge in [0, 0.05) is 16.5 Å². The molecule has 0 saturated heterocycles. The first-order chi connectivity index (χ1) is 21.9. The lowest BCUT2D eigenvalue weighted by Crippen LogP contribution is -2.54. The zero-order valence-electron chi connectivity index (χ0n) is 25.6. The molecule has 1 N–H and O–H groups in total. The molecule has 0 radical (unpaired) electrons. The summed E-state index contributed by atoms with van der Waals surface area (Å²) in [5.74, 6) is -2.54. The van der Waals surface area contributed by atoms with E-state index in [1.165, 1.54) is 55.6 Å². The van der Waals surface area contributed by atoms with Crippen LogP contribution in [0.25, 0.3) is 11.1 Å². The molecule has 248 valence electrons. The van der Waals surface area contributed by atoms with Gasteiger partial charge in [0.2, 0.25) is 0 Å². The van der Waals surface area contributed by atoms with Gasteiger partial charge in [-0.05, 0) is 72.1 Å². The highest BCUT2D eigenvalue weighted by Crippen LogP contribution is 2.53. The van der Waals surface area contributed by atoms with Crippen molar-refractivity contribution in [2.45, 2.75) is 45.1 Å². The van der Waals surface area contributed by atoms with Gasteiger partial charge in [-0.15, -0.1) is 0 Å². The fourth-order valence-electron chi connectivity index (χ4n) is 4.51. The molecule has 0 heterocycles. The number of halogens is 6. The standard InChI is InChI=1S/C35H30F6O6/c1-5-32(2,3)30(42)23-10-6-21(7-11-23)22-8-12-24(13-9-22)31(43)47-29-19-18-27(46-26-16-14-25(45-4)15-17-26)20-28(29)33(44,34(36,37)38)35(39,40)41/h6-20,44H,5H2,1-4H3. The number of hydrogen-bond acceptors (Lipinski definition) is 6. The van der Waals surface area contributed by atoms with Gasteiger partial charge in [0.25, 0.3) is 5.60 Å². The fourth-order valence-corrected chi connectivity index (χ4v) is 4.51. The lowest BCUT2D eigenvalue weighted by Gasteiger charge is -2.33. The molecule has 0 spiro atoms. The van der Waals surface area contributed by atoms with E-state index < -0.39 is 46.4 Å². The first-order valence-corrected chi connectivity index (χ1v) is 14.2. The van der Waals surface area contributed by atoms with Gasteiger partial charge in [0.1, 0.15) is 23.0 Å². The number of Topliss-reactive ketones (excluding diaryl/α,β-unsaturated/α-hetero) is 1. The molecule has 0 atom stereocenters. The van der Waals surface area contributed by atoms with Gasteiger partial charge >= 0.3 is 18.3 Å². The molecule has 0 aliphatic rings. The van der Waals surface area contributed by atoms with Crippen LogP contribution in [0.4, 0.5) is 26.3 Å². The van der Waals surface area contributed by atoms with Crippen molar-refractivity contribution in [3.05, 3.63) is 108 Å². The molecule has 6 nitrogen and oxygen atoms in total. The lowest BCUT2D eigenvalue weighted by molar-refractivity contribution is -0.376. The van der Waals surface area contributed by atoms with Crippen LogP contribution >= 0.6 is 0 Å². The normalized spacial score (nSPS) is 12.4. The quantitative estimate of drug-likeness (QED) is 0.0791. The molecule has 4 aromatic rings. The monoisotopic (exact) mass is 660 g/mol. The Balaban J connectivity index is 1.64. The van der Waals surface area contributed by atoms with Gasteiger partial charge in [-0.25, -0.2) is 4.79 Å². The SMILES string of the molecule is CCC(C)(C)C(=O)c1ccc(-c2ccc(C(=O)Oc3ccc(Oc4ccc(OC)cc4)cc3C(O)(C(F)(F)F)C(F)(F)F)cc2)cc1. The largest absolute Gasteiger partial charge is 0.497 e. The third-order valence-electron chi connectivity index (χ3n) is 7.76. The van der Waals surface area contributed by atoms with Crippen LogP contribution in [0.15, 0.2) is 91.0 Å². The average Bonchev–Trinajstić information content (AvgIpc) is 3.04. The third-order valence-corrected chi connectivity index (χ3v) is 7.76. The Kier molecular flexibility index (Phi) is 9.77. The Morgan fingerprint density at radius 2 is 1.15 bits per heavy atom. The Bertz CT molecular complexity index is 1710. The second kappa shape index (κ2) is 13.1. The van der Waals surface area contributed by atoms with Crippen molar-refractivity contribution in [2.24, 2.45) is 5.41 Å². The minimum Gasteiger partial charge on any atom is -0.497 e. The second-order valence-electron chi connectivity index (χ2n) is 11.3. The number of benzene rings is 4. The number of aliphatic hydroxyl groups is 1. The summed E-state index contributed by atoms with van der Waals surface area (Å²) in [7, 11) is 1.39. The summed E-state index contributed by atoms with van der Waals surface area (Å²) in [5, 5.41) is 10.2. The van der Waals surface area contributed by atoms with E-state index >= 15 is 0 Å². The molecule has 0 aliphatic heterocycles. The maximum absolute atomic E-state index is 13.9. The molecule has 0 fully saturated rings. The van der Waals surface area contributed by atoms with Crippen molar-refractivity contribution in [3.8, 4) is 34.1 Å². The minimum atomic E-state index is -6.26. The van der Waals surface area contributed by atoms with E-state index in [-0.39, 0.29) is 17.1 Å². The summed E-state index contributed by atoms with van der Waals surface area (Å²) >= 11 is 0. The fraction of sp³-hybridized carbons (Fsp3) is 0.257. The van der Waals surface area contributed by atoms with Crippen LogP contribution in [0.5, 0.6) is 23.0 Å². The van der Waals surface area contributed by atoms with Gasteiger partial charge in [-0.1, -0.05) is 57.2 Å². The van der Waals surface area contributed by atoms with Crippen molar-refractivity contribution >= 4 is 11.8 Å². The van der Waals surface area contributed by atoms with Crippen LogP contribution in [-0.4, -0.2) is 36.3 Å². The van der Waals surface area contributed by atoms with Crippen molar-refractivity contribution < 1.29 is 55.2 Å². The van der Waals surface area contributed by atoms with Crippen molar-refractivity contribution in [3.63, 3.8) is 0 Å². The van der Waals surface area contributed by atoms with Gasteiger partial charge in [0.05, 0.1) is 12.7 Å². The smallest absolute Gasteiger partial charge is 0.430 e. The number of ketones is 1. The summed E-state index contributed by atoms with van der Waals surface area (Å²) in [6.07, 6.45) is -11.9. The highest BCUT2D eigenvalue weighted by atomic mass is 19.4. The number of esters is 1. The number of ether oxygens (including phenoxy) is 3. The lowest BCUT2D eigenvalue weighted by atomic mass is 9.82. The molecule has 4 aromatic carbocycles. The number of rotatable bonds is 10. The van der Waals surface area contributed by atoms with Crippen LogP contribution in [0.2, 0.25) is 0 Å². The minimum absolute atomic E-state index is 0.0210. The van der Waals surface area contributed by atoms with Crippen LogP contribution in [0, 0.1) is 5.41 Å². The molecule has 0 unspecified atom stereocenters. The van der Waals surface area contributed by atoms with E-state index in [1.807, 2.05) is 20.8 Å². The Hall–Kier alpha value is -4.84. The first-order valence-electron chi connectivity index (χ1n) is 14.2. The highest BCUT2D eigenvalue weighted by molar-refractivity contribution is 6.00. The number of carbonyl (C=O) groups is 2. The number of alkyl halides is 6. The summed E-state index contributed by atoms with van der Waals surface area (Å²) in [4.78, 5) is 25.7. The number of hydrogen-bond donors (Lipinski definition) is 1. The predicted octanol–water partition coefficient (Wildman–Crippen LogP) is 9.30. The topological polar surface area (TPSA) is 82.1 Å². The van der Waals surface area contributed by atoms with E-state index in [0.717, 1.165) is 6.07 Å². The van der Waals surface area contributed by atoms with Crippen molar-refractivity contribution in [1.29, 1.82) is 0 Å². The van der Waals surface area contributed by atoms with Gasteiger partial charge < -0.3 is 19.3 Å². The Labute approximate surface area is 266 Å². The highest BCUT2D eigenvalue weighted by Gasteiger charge is 2.72. The molecule has 0 saturated carbocycles. The molecular weight excluding hydrogens is 630 g/mol. The molecule has 0 bridgehead atoms. The van der Waals surface area contributed by atoms with Crippen LogP contribution in [0.3, 0.4) is 0 Å². The summed E-state index contributed by atoms with van der Waals surface area (Å²) in [6, 6.07) is 19.9. The number of carbonyl (C=O) groups excluding carboxylic acids is 2.